The predicted octanol–water partition coefficient (Wildman–Crippen LogP) is 2.00. The monoisotopic (exact) mass is 361 g/mol. The van der Waals surface area contributed by atoms with Gasteiger partial charge in [-0.3, -0.25) is 0 Å². The van der Waals surface area contributed by atoms with E-state index < -0.39 is 16.6 Å². The van der Waals surface area contributed by atoms with Gasteiger partial charge in [0.15, 0.2) is 0 Å². The molecular formula is C8H20BrNO2Sn. The van der Waals surface area contributed by atoms with Crippen molar-refractivity contribution in [2.45, 2.75) is 25.2 Å². The fraction of sp³-hybridized carbons (Fsp3) is 1.00. The molecule has 0 aliphatic carbocycles. The van der Waals surface area contributed by atoms with Crippen LogP contribution < -0.4 is 5.32 Å². The fourth-order valence-corrected chi connectivity index (χ4v) is 7.54. The maximum absolute atomic E-state index is 5.73. The quantitative estimate of drug-likeness (QED) is 0.408. The molecule has 0 aromatic heterocycles. The number of rotatable bonds is 8. The summed E-state index contributed by atoms with van der Waals surface area (Å²) in [6, 6.07) is 0. The normalized spacial score (nSPS) is 15.7. The molecule has 0 aromatic rings. The molecule has 1 atom stereocenters. The number of nitrogens with one attached hydrogen (secondary N) is 1. The minimum atomic E-state index is -2.45. The summed E-state index contributed by atoms with van der Waals surface area (Å²) in [5.41, 5.74) is 0. The Balaban J connectivity index is 3.57. The summed E-state index contributed by atoms with van der Waals surface area (Å²) in [6.07, 6.45) is 0. The van der Waals surface area contributed by atoms with Gasteiger partial charge in [0.25, 0.3) is 0 Å². The molecule has 3 nitrogen and oxygen atoms in total. The van der Waals surface area contributed by atoms with Crippen LogP contribution in [0.2, 0.25) is 4.44 Å². The van der Waals surface area contributed by atoms with E-state index in [1.807, 2.05) is 6.92 Å². The van der Waals surface area contributed by atoms with Crippen LogP contribution in [-0.2, 0) is 7.81 Å². The van der Waals surface area contributed by atoms with Crippen LogP contribution in [0.5, 0.6) is 0 Å². The maximum atomic E-state index is 5.73. The van der Waals surface area contributed by atoms with Gasteiger partial charge in [0.1, 0.15) is 0 Å². The van der Waals surface area contributed by atoms with Gasteiger partial charge in [-0.25, -0.2) is 0 Å². The van der Waals surface area contributed by atoms with Crippen molar-refractivity contribution in [3.05, 3.63) is 0 Å². The Morgan fingerprint density at radius 1 is 1.31 bits per heavy atom. The molecule has 0 bridgehead atoms. The van der Waals surface area contributed by atoms with Crippen molar-refractivity contribution in [1.82, 2.24) is 5.32 Å². The van der Waals surface area contributed by atoms with Gasteiger partial charge >= 0.3 is 92.1 Å². The van der Waals surface area contributed by atoms with Crippen molar-refractivity contribution in [3.8, 4) is 0 Å². The Morgan fingerprint density at radius 3 is 2.46 bits per heavy atom. The Labute approximate surface area is 91.7 Å². The van der Waals surface area contributed by atoms with E-state index in [0.29, 0.717) is 6.73 Å². The SMILES string of the molecule is CCNCO[CH2][Sn]([Br])([CH2]C)[O]CC. The average Bonchev–Trinajstić information content (AvgIpc) is 2.13. The molecule has 13 heavy (non-hydrogen) atoms. The van der Waals surface area contributed by atoms with Gasteiger partial charge in [-0.2, -0.15) is 0 Å². The molecule has 0 aliphatic rings. The molecule has 0 fully saturated rings. The Morgan fingerprint density at radius 2 is 2.00 bits per heavy atom. The summed E-state index contributed by atoms with van der Waals surface area (Å²) in [5.74, 6) is 0. The van der Waals surface area contributed by atoms with E-state index in [4.69, 9.17) is 7.81 Å². The van der Waals surface area contributed by atoms with Crippen molar-refractivity contribution in [2.24, 2.45) is 0 Å². The van der Waals surface area contributed by atoms with Crippen LogP contribution in [0.3, 0.4) is 0 Å². The van der Waals surface area contributed by atoms with Crippen LogP contribution in [0, 0.1) is 0 Å². The number of ether oxygens (including phenoxy) is 1. The summed E-state index contributed by atoms with van der Waals surface area (Å²) in [7, 11) is 0. The first-order valence-electron chi connectivity index (χ1n) is 4.79. The van der Waals surface area contributed by atoms with Gasteiger partial charge in [0.2, 0.25) is 0 Å². The third kappa shape index (κ3) is 7.13. The van der Waals surface area contributed by atoms with E-state index in [2.05, 4.69) is 31.9 Å². The number of hydrogen-bond donors (Lipinski definition) is 1. The molecule has 1 unspecified atom stereocenters. The first-order valence-corrected chi connectivity index (χ1v) is 16.4. The van der Waals surface area contributed by atoms with E-state index in [1.54, 1.807) is 0 Å². The van der Waals surface area contributed by atoms with Gasteiger partial charge in [0.05, 0.1) is 0 Å². The average molecular weight is 361 g/mol. The van der Waals surface area contributed by atoms with Gasteiger partial charge in [-0.1, -0.05) is 0 Å². The van der Waals surface area contributed by atoms with Crippen LogP contribution in [0.4, 0.5) is 0 Å². The summed E-state index contributed by atoms with van der Waals surface area (Å²) in [4.78, 5) is 0. The third-order valence-corrected chi connectivity index (χ3v) is 15.7. The molecule has 80 valence electrons. The Kier molecular flexibility index (Phi) is 9.22. The molecular weight excluding hydrogens is 341 g/mol. The second-order valence-corrected chi connectivity index (χ2v) is 21.2. The molecule has 0 spiro atoms. The predicted molar refractivity (Wildman–Crippen MR) is 61.3 cm³/mol. The molecule has 0 heterocycles. The summed E-state index contributed by atoms with van der Waals surface area (Å²) in [5, 5.41) is 3.12. The summed E-state index contributed by atoms with van der Waals surface area (Å²) >= 11 is 1.28. The molecule has 0 aromatic carbocycles. The molecule has 0 amide bonds. The Bertz CT molecular complexity index is 129. The first-order chi connectivity index (χ1) is 6.18. The molecule has 1 N–H and O–H groups in total. The van der Waals surface area contributed by atoms with E-state index in [0.717, 1.165) is 22.2 Å². The minimum absolute atomic E-state index is 0.633. The van der Waals surface area contributed by atoms with Crippen molar-refractivity contribution < 1.29 is 7.81 Å². The molecule has 5 heteroatoms. The van der Waals surface area contributed by atoms with Crippen molar-refractivity contribution in [2.75, 3.05) is 24.5 Å². The summed E-state index contributed by atoms with van der Waals surface area (Å²) in [6.45, 7) is 8.64. The van der Waals surface area contributed by atoms with Gasteiger partial charge in [-0.15, -0.1) is 0 Å². The number of hydrogen-bond acceptors (Lipinski definition) is 3. The van der Waals surface area contributed by atoms with Crippen LogP contribution in [0.25, 0.3) is 0 Å². The van der Waals surface area contributed by atoms with Crippen LogP contribution in [0.1, 0.15) is 20.8 Å². The topological polar surface area (TPSA) is 30.5 Å². The van der Waals surface area contributed by atoms with Gasteiger partial charge in [0, 0.05) is 0 Å². The zero-order chi connectivity index (χ0) is 10.2. The van der Waals surface area contributed by atoms with E-state index in [1.165, 1.54) is 0 Å². The van der Waals surface area contributed by atoms with E-state index in [-0.39, 0.29) is 0 Å². The van der Waals surface area contributed by atoms with Crippen LogP contribution in [-0.4, -0.2) is 41.1 Å². The molecule has 0 radical (unpaired) electrons. The third-order valence-electron chi connectivity index (χ3n) is 1.70. The molecule has 0 saturated carbocycles. The zero-order valence-electron chi connectivity index (χ0n) is 8.73. The van der Waals surface area contributed by atoms with Crippen LogP contribution in [0.15, 0.2) is 0 Å². The van der Waals surface area contributed by atoms with Crippen molar-refractivity contribution >= 4 is 29.3 Å². The van der Waals surface area contributed by atoms with Gasteiger partial charge < -0.3 is 0 Å². The van der Waals surface area contributed by atoms with Crippen molar-refractivity contribution in [1.29, 1.82) is 0 Å². The standard InChI is InChI=1S/C4H10NO.C2H5O.C2H5.BrH.Sn/c1-3-5-4-6-2;1-2-3;1-2;;/h5H,2-4H2,1H3;2H2,1H3;1H2,2H3;1H;/q;-1;;;+2/p-1. The molecule has 0 rings (SSSR count). The van der Waals surface area contributed by atoms with E-state index >= 15 is 0 Å². The molecule has 0 aliphatic heterocycles. The first kappa shape index (κ1) is 14.2. The second-order valence-electron chi connectivity index (χ2n) is 2.77. The van der Waals surface area contributed by atoms with Gasteiger partial charge in [-0.05, 0) is 0 Å². The fourth-order valence-electron chi connectivity index (χ4n) is 0.882. The second kappa shape index (κ2) is 8.47. The zero-order valence-corrected chi connectivity index (χ0v) is 13.2. The van der Waals surface area contributed by atoms with Crippen LogP contribution >= 0.6 is 12.7 Å². The Hall–Kier alpha value is 1.16. The van der Waals surface area contributed by atoms with Crippen molar-refractivity contribution in [3.63, 3.8) is 0 Å². The van der Waals surface area contributed by atoms with E-state index in [9.17, 15) is 0 Å². The summed E-state index contributed by atoms with van der Waals surface area (Å²) < 4.78 is 13.1. The molecule has 0 saturated heterocycles. The number of halogens is 1.